The third-order valence-electron chi connectivity index (χ3n) is 3.19. The fraction of sp³-hybridized carbons (Fsp3) is 0.462. The Bertz CT molecular complexity index is 490. The maximum atomic E-state index is 12.1. The first-order valence-corrected chi connectivity index (χ1v) is 6.23. The Balaban J connectivity index is 2.04. The average molecular weight is 263 g/mol. The highest BCUT2D eigenvalue weighted by Crippen LogP contribution is 2.23. The van der Waals surface area contributed by atoms with Gasteiger partial charge in [-0.1, -0.05) is 0 Å². The van der Waals surface area contributed by atoms with E-state index in [0.29, 0.717) is 24.7 Å². The maximum Gasteiger partial charge on any atom is 0.237 e. The first kappa shape index (κ1) is 13.3. The van der Waals surface area contributed by atoms with Gasteiger partial charge >= 0.3 is 0 Å². The molecule has 0 saturated carbocycles. The van der Waals surface area contributed by atoms with Gasteiger partial charge in [0.2, 0.25) is 17.7 Å². The van der Waals surface area contributed by atoms with Gasteiger partial charge in [0, 0.05) is 25.7 Å². The molecular weight excluding hydrogens is 246 g/mol. The Kier molecular flexibility index (Phi) is 3.99. The van der Waals surface area contributed by atoms with Crippen LogP contribution in [0.2, 0.25) is 0 Å². The van der Waals surface area contributed by atoms with Crippen LogP contribution in [0.4, 0.5) is 5.69 Å². The molecule has 19 heavy (non-hydrogen) atoms. The van der Waals surface area contributed by atoms with Crippen LogP contribution in [0.3, 0.4) is 0 Å². The Morgan fingerprint density at radius 1 is 1.63 bits per heavy atom. The second-order valence-corrected chi connectivity index (χ2v) is 4.38. The molecule has 1 aromatic heterocycles. The fourth-order valence-electron chi connectivity index (χ4n) is 2.14. The van der Waals surface area contributed by atoms with Gasteiger partial charge in [0.25, 0.3) is 0 Å². The molecule has 102 valence electrons. The Labute approximate surface area is 111 Å². The summed E-state index contributed by atoms with van der Waals surface area (Å²) in [6, 6.07) is 3.44. The fourth-order valence-corrected chi connectivity index (χ4v) is 2.14. The van der Waals surface area contributed by atoms with Crippen molar-refractivity contribution in [2.75, 3.05) is 25.5 Å². The molecule has 0 bridgehead atoms. The average Bonchev–Trinajstić information content (AvgIpc) is 2.80. The van der Waals surface area contributed by atoms with E-state index in [-0.39, 0.29) is 24.2 Å². The Hall–Kier alpha value is -2.11. The topological polar surface area (TPSA) is 71.5 Å². The van der Waals surface area contributed by atoms with Crippen molar-refractivity contribution in [2.45, 2.75) is 13.3 Å². The van der Waals surface area contributed by atoms with Crippen LogP contribution in [-0.2, 0) is 9.59 Å². The van der Waals surface area contributed by atoms with Crippen LogP contribution >= 0.6 is 0 Å². The van der Waals surface area contributed by atoms with Crippen molar-refractivity contribution < 1.29 is 14.3 Å². The third kappa shape index (κ3) is 2.83. The lowest BCUT2D eigenvalue weighted by Gasteiger charge is -2.14. The molecular formula is C13H17N3O3. The summed E-state index contributed by atoms with van der Waals surface area (Å²) in [7, 11) is 1.50. The number of carbonyl (C=O) groups excluding carboxylic acids is 2. The van der Waals surface area contributed by atoms with Gasteiger partial charge in [0.1, 0.15) is 5.69 Å². The van der Waals surface area contributed by atoms with E-state index >= 15 is 0 Å². The van der Waals surface area contributed by atoms with E-state index in [2.05, 4.69) is 10.3 Å². The van der Waals surface area contributed by atoms with Gasteiger partial charge < -0.3 is 15.0 Å². The first-order valence-electron chi connectivity index (χ1n) is 6.23. The van der Waals surface area contributed by atoms with Gasteiger partial charge in [-0.3, -0.25) is 9.59 Å². The summed E-state index contributed by atoms with van der Waals surface area (Å²) in [6.07, 6.45) is 1.86. The lowest BCUT2D eigenvalue weighted by molar-refractivity contribution is -0.128. The van der Waals surface area contributed by atoms with Crippen molar-refractivity contribution >= 4 is 17.5 Å². The van der Waals surface area contributed by atoms with Crippen LogP contribution < -0.4 is 10.1 Å². The number of nitrogens with zero attached hydrogens (tertiary/aromatic N) is 2. The predicted molar refractivity (Wildman–Crippen MR) is 69.8 cm³/mol. The summed E-state index contributed by atoms with van der Waals surface area (Å²) in [5, 5.41) is 2.76. The largest absolute Gasteiger partial charge is 0.480 e. The molecule has 0 unspecified atom stereocenters. The highest BCUT2D eigenvalue weighted by atomic mass is 16.5. The molecule has 6 heteroatoms. The summed E-state index contributed by atoms with van der Waals surface area (Å²) in [5.41, 5.74) is 0.525. The van der Waals surface area contributed by atoms with Crippen molar-refractivity contribution in [1.29, 1.82) is 0 Å². The number of carbonyl (C=O) groups is 2. The molecule has 1 fully saturated rings. The van der Waals surface area contributed by atoms with Crippen molar-refractivity contribution in [3.63, 3.8) is 0 Å². The number of anilines is 1. The number of nitrogens with one attached hydrogen (secondary N) is 1. The maximum absolute atomic E-state index is 12.1. The molecule has 1 aliphatic heterocycles. The first-order chi connectivity index (χ1) is 9.15. The molecule has 1 N–H and O–H groups in total. The van der Waals surface area contributed by atoms with Crippen LogP contribution in [0.1, 0.15) is 13.3 Å². The van der Waals surface area contributed by atoms with E-state index in [0.717, 1.165) is 0 Å². The zero-order valence-corrected chi connectivity index (χ0v) is 11.0. The predicted octanol–water partition coefficient (Wildman–Crippen LogP) is 0.897. The molecule has 0 aliphatic carbocycles. The molecule has 0 aromatic carbocycles. The number of hydrogen-bond acceptors (Lipinski definition) is 4. The van der Waals surface area contributed by atoms with Gasteiger partial charge in [0.15, 0.2) is 0 Å². The molecule has 2 heterocycles. The molecule has 2 rings (SSSR count). The number of likely N-dealkylation sites (tertiary alicyclic amines) is 1. The van der Waals surface area contributed by atoms with Gasteiger partial charge in [-0.2, -0.15) is 0 Å². The SMILES string of the molecule is CCN1C[C@H](C(=O)Nc2cccnc2OC)CC1=O. The normalized spacial score (nSPS) is 18.5. The molecule has 1 saturated heterocycles. The van der Waals surface area contributed by atoms with Crippen LogP contribution in [-0.4, -0.2) is 41.9 Å². The van der Waals surface area contributed by atoms with E-state index in [4.69, 9.17) is 4.74 Å². The number of rotatable bonds is 4. The monoisotopic (exact) mass is 263 g/mol. The number of methoxy groups -OCH3 is 1. The molecule has 0 spiro atoms. The van der Waals surface area contributed by atoms with Crippen molar-refractivity contribution in [1.82, 2.24) is 9.88 Å². The summed E-state index contributed by atoms with van der Waals surface area (Å²) < 4.78 is 5.07. The van der Waals surface area contributed by atoms with Crippen molar-refractivity contribution in [3.8, 4) is 5.88 Å². The number of aromatic nitrogens is 1. The molecule has 2 amide bonds. The quantitative estimate of drug-likeness (QED) is 0.876. The number of ether oxygens (including phenoxy) is 1. The molecule has 1 aromatic rings. The molecule has 0 radical (unpaired) electrons. The summed E-state index contributed by atoms with van der Waals surface area (Å²) in [4.78, 5) is 29.4. The van der Waals surface area contributed by atoms with Crippen molar-refractivity contribution in [2.24, 2.45) is 5.92 Å². The van der Waals surface area contributed by atoms with Crippen LogP contribution in [0.15, 0.2) is 18.3 Å². The molecule has 6 nitrogen and oxygen atoms in total. The minimum Gasteiger partial charge on any atom is -0.480 e. The van der Waals surface area contributed by atoms with Crippen LogP contribution in [0, 0.1) is 5.92 Å². The molecule has 1 atom stereocenters. The standard InChI is InChI=1S/C13H17N3O3/c1-3-16-8-9(7-11(16)17)12(18)15-10-5-4-6-14-13(10)19-2/h4-6,9H,3,7-8H2,1-2H3,(H,15,18)/t9-/m1/s1. The Morgan fingerprint density at radius 2 is 2.42 bits per heavy atom. The smallest absolute Gasteiger partial charge is 0.237 e. The number of pyridine rings is 1. The zero-order valence-electron chi connectivity index (χ0n) is 11.0. The highest BCUT2D eigenvalue weighted by molar-refractivity contribution is 5.97. The van der Waals surface area contributed by atoms with E-state index < -0.39 is 0 Å². The second kappa shape index (κ2) is 5.69. The van der Waals surface area contributed by atoms with Crippen LogP contribution in [0.5, 0.6) is 5.88 Å². The van der Waals surface area contributed by atoms with E-state index in [9.17, 15) is 9.59 Å². The zero-order chi connectivity index (χ0) is 13.8. The van der Waals surface area contributed by atoms with Crippen molar-refractivity contribution in [3.05, 3.63) is 18.3 Å². The van der Waals surface area contributed by atoms with Crippen LogP contribution in [0.25, 0.3) is 0 Å². The summed E-state index contributed by atoms with van der Waals surface area (Å²) in [6.45, 7) is 3.02. The minimum atomic E-state index is -0.308. The van der Waals surface area contributed by atoms with E-state index in [1.807, 2.05) is 6.92 Å². The minimum absolute atomic E-state index is 0.0285. The van der Waals surface area contributed by atoms with Gasteiger partial charge in [0.05, 0.1) is 13.0 Å². The lowest BCUT2D eigenvalue weighted by Crippen LogP contribution is -2.28. The molecule has 1 aliphatic rings. The third-order valence-corrected chi connectivity index (χ3v) is 3.19. The summed E-state index contributed by atoms with van der Waals surface area (Å²) in [5.74, 6) is -0.0821. The van der Waals surface area contributed by atoms with Gasteiger partial charge in [-0.15, -0.1) is 0 Å². The van der Waals surface area contributed by atoms with E-state index in [1.165, 1.54) is 7.11 Å². The van der Waals surface area contributed by atoms with Gasteiger partial charge in [-0.25, -0.2) is 4.98 Å². The second-order valence-electron chi connectivity index (χ2n) is 4.38. The Morgan fingerprint density at radius 3 is 3.05 bits per heavy atom. The van der Waals surface area contributed by atoms with Gasteiger partial charge in [-0.05, 0) is 19.1 Å². The summed E-state index contributed by atoms with van der Waals surface area (Å²) >= 11 is 0. The highest BCUT2D eigenvalue weighted by Gasteiger charge is 2.33. The number of hydrogen-bond donors (Lipinski definition) is 1. The van der Waals surface area contributed by atoms with E-state index in [1.54, 1.807) is 23.2 Å². The number of amides is 2. The lowest BCUT2D eigenvalue weighted by atomic mass is 10.1.